The molecule has 0 aliphatic rings. The third kappa shape index (κ3) is 3.00. The quantitative estimate of drug-likeness (QED) is 0.825. The fourth-order valence-corrected chi connectivity index (χ4v) is 1.34. The molecule has 1 amide bonds. The molecule has 1 N–H and O–H groups in total. The number of halogens is 2. The molecular weight excluding hydrogens is 265 g/mol. The first-order valence-electron chi connectivity index (χ1n) is 4.22. The van der Waals surface area contributed by atoms with Crippen LogP contribution in [0.2, 0.25) is 5.02 Å². The van der Waals surface area contributed by atoms with E-state index in [0.29, 0.717) is 5.02 Å². The van der Waals surface area contributed by atoms with Crippen LogP contribution in [-0.4, -0.2) is 10.7 Å². The predicted octanol–water partition coefficient (Wildman–Crippen LogP) is 3.37. The Labute approximate surface area is 96.8 Å². The second kappa shape index (κ2) is 4.80. The van der Waals surface area contributed by atoms with Crippen molar-refractivity contribution in [2.75, 3.05) is 5.32 Å². The van der Waals surface area contributed by atoms with Crippen LogP contribution in [0.25, 0.3) is 0 Å². The van der Waals surface area contributed by atoms with Crippen LogP contribution in [0, 0.1) is 6.92 Å². The van der Waals surface area contributed by atoms with Crippen LogP contribution >= 0.6 is 27.5 Å². The van der Waals surface area contributed by atoms with Gasteiger partial charge in [-0.3, -0.25) is 4.79 Å². The highest BCUT2D eigenvalue weighted by Crippen LogP contribution is 2.20. The Hall–Kier alpha value is -0.540. The van der Waals surface area contributed by atoms with Crippen molar-refractivity contribution in [1.82, 2.24) is 0 Å². The molecule has 0 aliphatic carbocycles. The minimum Gasteiger partial charge on any atom is -0.325 e. The van der Waals surface area contributed by atoms with Gasteiger partial charge in [0, 0.05) is 10.7 Å². The molecule has 4 heteroatoms. The van der Waals surface area contributed by atoms with Crippen molar-refractivity contribution in [2.24, 2.45) is 0 Å². The van der Waals surface area contributed by atoms with Gasteiger partial charge < -0.3 is 5.32 Å². The number of rotatable bonds is 2. The van der Waals surface area contributed by atoms with Gasteiger partial charge in [-0.25, -0.2) is 0 Å². The van der Waals surface area contributed by atoms with E-state index in [0.717, 1.165) is 11.3 Å². The fraction of sp³-hybridized carbons (Fsp3) is 0.300. The van der Waals surface area contributed by atoms with Gasteiger partial charge in [-0.15, -0.1) is 0 Å². The zero-order chi connectivity index (χ0) is 10.7. The average molecular weight is 277 g/mol. The largest absolute Gasteiger partial charge is 0.325 e. The van der Waals surface area contributed by atoms with Gasteiger partial charge in [-0.1, -0.05) is 27.5 Å². The van der Waals surface area contributed by atoms with Crippen LogP contribution in [0.1, 0.15) is 12.5 Å². The average Bonchev–Trinajstić information content (AvgIpc) is 2.09. The number of carbonyl (C=O) groups is 1. The molecule has 1 unspecified atom stereocenters. The summed E-state index contributed by atoms with van der Waals surface area (Å²) in [6, 6.07) is 5.37. The molecule has 0 heterocycles. The zero-order valence-electron chi connectivity index (χ0n) is 7.97. The lowest BCUT2D eigenvalue weighted by Crippen LogP contribution is -2.20. The Morgan fingerprint density at radius 2 is 2.21 bits per heavy atom. The molecule has 0 saturated heterocycles. The smallest absolute Gasteiger partial charge is 0.237 e. The van der Waals surface area contributed by atoms with Crippen molar-refractivity contribution in [3.8, 4) is 0 Å². The normalized spacial score (nSPS) is 12.3. The lowest BCUT2D eigenvalue weighted by atomic mass is 10.2. The van der Waals surface area contributed by atoms with Gasteiger partial charge in [0.25, 0.3) is 0 Å². The number of nitrogens with one attached hydrogen (secondary N) is 1. The summed E-state index contributed by atoms with van der Waals surface area (Å²) >= 11 is 8.99. The van der Waals surface area contributed by atoms with Gasteiger partial charge in [0.05, 0.1) is 4.83 Å². The summed E-state index contributed by atoms with van der Waals surface area (Å²) < 4.78 is 0. The number of hydrogen-bond donors (Lipinski definition) is 1. The Morgan fingerprint density at radius 1 is 1.57 bits per heavy atom. The van der Waals surface area contributed by atoms with Gasteiger partial charge in [-0.05, 0) is 37.6 Å². The number of benzene rings is 1. The summed E-state index contributed by atoms with van der Waals surface area (Å²) in [6.07, 6.45) is 0. The minimum atomic E-state index is -0.197. The summed E-state index contributed by atoms with van der Waals surface area (Å²) in [5.41, 5.74) is 1.75. The predicted molar refractivity (Wildman–Crippen MR) is 63.2 cm³/mol. The van der Waals surface area contributed by atoms with Crippen LogP contribution in [-0.2, 0) is 4.79 Å². The molecule has 76 valence electrons. The minimum absolute atomic E-state index is 0.0598. The van der Waals surface area contributed by atoms with E-state index in [4.69, 9.17) is 11.6 Å². The van der Waals surface area contributed by atoms with E-state index < -0.39 is 0 Å². The van der Waals surface area contributed by atoms with Gasteiger partial charge in [0.2, 0.25) is 5.91 Å². The molecule has 0 saturated carbocycles. The highest BCUT2D eigenvalue weighted by atomic mass is 79.9. The van der Waals surface area contributed by atoms with Crippen molar-refractivity contribution in [1.29, 1.82) is 0 Å². The highest BCUT2D eigenvalue weighted by molar-refractivity contribution is 9.10. The molecule has 0 aromatic heterocycles. The monoisotopic (exact) mass is 275 g/mol. The molecule has 14 heavy (non-hydrogen) atoms. The Balaban J connectivity index is 2.82. The molecule has 0 radical (unpaired) electrons. The third-order valence-corrected chi connectivity index (χ3v) is 2.46. The molecule has 2 nitrogen and oxygen atoms in total. The second-order valence-electron chi connectivity index (χ2n) is 3.06. The Kier molecular flexibility index (Phi) is 3.96. The van der Waals surface area contributed by atoms with E-state index in [9.17, 15) is 4.79 Å². The second-order valence-corrected chi connectivity index (χ2v) is 4.87. The standard InChI is InChI=1S/C10H11BrClNO/c1-6-5-8(12)3-4-9(6)13-10(14)7(2)11/h3-5,7H,1-2H3,(H,13,14). The van der Waals surface area contributed by atoms with Crippen LogP contribution in [0.4, 0.5) is 5.69 Å². The van der Waals surface area contributed by atoms with Crippen LogP contribution in [0.15, 0.2) is 18.2 Å². The van der Waals surface area contributed by atoms with E-state index in [2.05, 4.69) is 21.2 Å². The third-order valence-electron chi connectivity index (χ3n) is 1.81. The van der Waals surface area contributed by atoms with Crippen molar-refractivity contribution >= 4 is 39.1 Å². The maximum absolute atomic E-state index is 11.4. The molecule has 0 spiro atoms. The Bertz CT molecular complexity index is 352. The van der Waals surface area contributed by atoms with Gasteiger partial charge >= 0.3 is 0 Å². The first kappa shape index (κ1) is 11.5. The Morgan fingerprint density at radius 3 is 2.71 bits per heavy atom. The topological polar surface area (TPSA) is 29.1 Å². The van der Waals surface area contributed by atoms with Gasteiger partial charge in [0.1, 0.15) is 0 Å². The first-order valence-corrected chi connectivity index (χ1v) is 5.51. The number of aryl methyl sites for hydroxylation is 1. The molecule has 0 bridgehead atoms. The maximum Gasteiger partial charge on any atom is 0.237 e. The number of anilines is 1. The highest BCUT2D eigenvalue weighted by Gasteiger charge is 2.09. The van der Waals surface area contributed by atoms with E-state index in [1.807, 2.05) is 13.0 Å². The summed E-state index contributed by atoms with van der Waals surface area (Å²) in [4.78, 5) is 11.2. The van der Waals surface area contributed by atoms with Crippen molar-refractivity contribution < 1.29 is 4.79 Å². The lowest BCUT2D eigenvalue weighted by molar-refractivity contribution is -0.115. The van der Waals surface area contributed by atoms with Crippen molar-refractivity contribution in [3.63, 3.8) is 0 Å². The molecule has 0 aliphatic heterocycles. The number of hydrogen-bond acceptors (Lipinski definition) is 1. The van der Waals surface area contributed by atoms with E-state index in [1.165, 1.54) is 0 Å². The number of carbonyl (C=O) groups excluding carboxylic acids is 1. The van der Waals surface area contributed by atoms with Gasteiger partial charge in [0.15, 0.2) is 0 Å². The zero-order valence-corrected chi connectivity index (χ0v) is 10.3. The first-order chi connectivity index (χ1) is 6.50. The summed E-state index contributed by atoms with van der Waals surface area (Å²) in [7, 11) is 0. The van der Waals surface area contributed by atoms with Crippen LogP contribution < -0.4 is 5.32 Å². The van der Waals surface area contributed by atoms with E-state index >= 15 is 0 Å². The molecule has 1 aromatic carbocycles. The number of amides is 1. The fourth-order valence-electron chi connectivity index (χ4n) is 1.000. The summed E-state index contributed by atoms with van der Waals surface area (Å²) in [5.74, 6) is -0.0598. The van der Waals surface area contributed by atoms with Crippen LogP contribution in [0.5, 0.6) is 0 Å². The van der Waals surface area contributed by atoms with E-state index in [-0.39, 0.29) is 10.7 Å². The molecule has 1 atom stereocenters. The molecular formula is C10H11BrClNO. The van der Waals surface area contributed by atoms with Crippen molar-refractivity contribution in [2.45, 2.75) is 18.7 Å². The lowest BCUT2D eigenvalue weighted by Gasteiger charge is -2.09. The SMILES string of the molecule is Cc1cc(Cl)ccc1NC(=O)C(C)Br. The molecule has 1 aromatic rings. The molecule has 1 rings (SSSR count). The molecule has 0 fully saturated rings. The van der Waals surface area contributed by atoms with Gasteiger partial charge in [-0.2, -0.15) is 0 Å². The van der Waals surface area contributed by atoms with E-state index in [1.54, 1.807) is 19.1 Å². The number of alkyl halides is 1. The van der Waals surface area contributed by atoms with Crippen LogP contribution in [0.3, 0.4) is 0 Å². The summed E-state index contributed by atoms with van der Waals surface area (Å²) in [5, 5.41) is 3.47. The van der Waals surface area contributed by atoms with Crippen molar-refractivity contribution in [3.05, 3.63) is 28.8 Å². The summed E-state index contributed by atoms with van der Waals surface area (Å²) in [6.45, 7) is 3.68. The maximum atomic E-state index is 11.4.